The maximum atomic E-state index is 13.5. The fourth-order valence-electron chi connectivity index (χ4n) is 4.28. The molecule has 3 amide bonds. The first kappa shape index (κ1) is 29.7. The highest BCUT2D eigenvalue weighted by atomic mass is 16.5. The second-order valence-corrected chi connectivity index (χ2v) is 9.41. The number of methoxy groups -OCH3 is 4. The Balaban J connectivity index is 1.77. The number of ether oxygens (including phenoxy) is 5. The number of carbonyl (C=O) groups is 4. The summed E-state index contributed by atoms with van der Waals surface area (Å²) >= 11 is 0. The lowest BCUT2D eigenvalue weighted by Crippen LogP contribution is -2.42. The van der Waals surface area contributed by atoms with Crippen molar-refractivity contribution in [1.82, 2.24) is 5.32 Å². The first-order chi connectivity index (χ1) is 20.1. The molecule has 42 heavy (non-hydrogen) atoms. The van der Waals surface area contributed by atoms with Crippen molar-refractivity contribution in [2.24, 2.45) is 0 Å². The van der Waals surface area contributed by atoms with E-state index in [9.17, 15) is 19.2 Å². The summed E-state index contributed by atoms with van der Waals surface area (Å²) in [6.45, 7) is 3.89. The molecule has 1 atom stereocenters. The van der Waals surface area contributed by atoms with Crippen LogP contribution in [0, 0.1) is 13.8 Å². The average molecular weight is 578 g/mol. The molecule has 3 N–H and O–H groups in total. The lowest BCUT2D eigenvalue weighted by Gasteiger charge is -2.17. The van der Waals surface area contributed by atoms with Crippen molar-refractivity contribution in [2.75, 3.05) is 39.1 Å². The summed E-state index contributed by atoms with van der Waals surface area (Å²) in [6.07, 6.45) is -0.362. The van der Waals surface area contributed by atoms with Crippen LogP contribution in [0.25, 0.3) is 0 Å². The highest BCUT2D eigenvalue weighted by Crippen LogP contribution is 2.40. The second-order valence-electron chi connectivity index (χ2n) is 9.41. The van der Waals surface area contributed by atoms with Crippen LogP contribution >= 0.6 is 0 Å². The Morgan fingerprint density at radius 3 is 2.14 bits per heavy atom. The normalized spacial score (nSPS) is 14.0. The zero-order valence-electron chi connectivity index (χ0n) is 24.0. The molecule has 12 heteroatoms. The second kappa shape index (κ2) is 12.5. The highest BCUT2D eigenvalue weighted by Gasteiger charge is 2.31. The molecule has 3 aromatic rings. The van der Waals surface area contributed by atoms with E-state index in [2.05, 4.69) is 20.7 Å². The summed E-state index contributed by atoms with van der Waals surface area (Å²) in [5, 5.41) is 7.99. The molecule has 0 radical (unpaired) electrons. The Kier molecular flexibility index (Phi) is 8.84. The number of amides is 3. The molecule has 0 spiro atoms. The van der Waals surface area contributed by atoms with E-state index < -0.39 is 29.7 Å². The maximum absolute atomic E-state index is 13.5. The van der Waals surface area contributed by atoms with Crippen molar-refractivity contribution in [3.63, 3.8) is 0 Å². The van der Waals surface area contributed by atoms with Crippen molar-refractivity contribution in [1.29, 1.82) is 0 Å². The summed E-state index contributed by atoms with van der Waals surface area (Å²) in [7, 11) is 5.50. The average Bonchev–Trinajstić information content (AvgIpc) is 3.08. The lowest BCUT2D eigenvalue weighted by molar-refractivity contribution is -0.142. The van der Waals surface area contributed by atoms with Crippen molar-refractivity contribution >= 4 is 35.1 Å². The van der Waals surface area contributed by atoms with Gasteiger partial charge in [-0.1, -0.05) is 6.07 Å². The highest BCUT2D eigenvalue weighted by molar-refractivity contribution is 6.13. The van der Waals surface area contributed by atoms with E-state index >= 15 is 0 Å². The van der Waals surface area contributed by atoms with Crippen LogP contribution in [-0.4, -0.2) is 58.2 Å². The monoisotopic (exact) mass is 577 g/mol. The zero-order chi connectivity index (χ0) is 30.6. The van der Waals surface area contributed by atoms with Gasteiger partial charge in [-0.3, -0.25) is 19.2 Å². The summed E-state index contributed by atoms with van der Waals surface area (Å²) in [5.74, 6) is -1.02. The van der Waals surface area contributed by atoms with Gasteiger partial charge in [-0.05, 0) is 61.4 Å². The molecule has 0 saturated carbocycles. The van der Waals surface area contributed by atoms with E-state index in [0.717, 1.165) is 11.1 Å². The summed E-state index contributed by atoms with van der Waals surface area (Å²) < 4.78 is 26.9. The number of hydrogen-bond acceptors (Lipinski definition) is 9. The van der Waals surface area contributed by atoms with Gasteiger partial charge >= 0.3 is 5.97 Å². The number of anilines is 2. The Morgan fingerprint density at radius 1 is 0.857 bits per heavy atom. The van der Waals surface area contributed by atoms with Crippen LogP contribution < -0.4 is 34.9 Å². The molecule has 0 unspecified atom stereocenters. The van der Waals surface area contributed by atoms with Gasteiger partial charge in [0.1, 0.15) is 11.8 Å². The van der Waals surface area contributed by atoms with Gasteiger partial charge in [0.2, 0.25) is 11.7 Å². The van der Waals surface area contributed by atoms with Gasteiger partial charge in [0.25, 0.3) is 11.8 Å². The van der Waals surface area contributed by atoms with Crippen molar-refractivity contribution in [2.45, 2.75) is 26.3 Å². The SMILES string of the molecule is COC(=O)C[C@@H]1NC(=O)c2cc(Oc3ccc(C)c(C)c3)c(NC(=O)c3cc(OC)c(OC)c(OC)c3)cc2NC1=O. The minimum absolute atomic E-state index is 0.0698. The molecule has 3 aromatic carbocycles. The van der Waals surface area contributed by atoms with Crippen molar-refractivity contribution in [3.8, 4) is 28.7 Å². The van der Waals surface area contributed by atoms with Gasteiger partial charge in [0.05, 0.1) is 51.8 Å². The van der Waals surface area contributed by atoms with Crippen LogP contribution in [0.3, 0.4) is 0 Å². The fourth-order valence-corrected chi connectivity index (χ4v) is 4.28. The van der Waals surface area contributed by atoms with Crippen molar-refractivity contribution in [3.05, 3.63) is 64.7 Å². The molecule has 1 aliphatic heterocycles. The van der Waals surface area contributed by atoms with E-state index in [1.54, 1.807) is 6.07 Å². The molecular weight excluding hydrogens is 546 g/mol. The van der Waals surface area contributed by atoms with Crippen LogP contribution in [0.2, 0.25) is 0 Å². The van der Waals surface area contributed by atoms with Crippen LogP contribution in [0.1, 0.15) is 38.3 Å². The van der Waals surface area contributed by atoms with E-state index in [1.807, 2.05) is 26.0 Å². The molecule has 12 nitrogen and oxygen atoms in total. The number of benzene rings is 3. The minimum Gasteiger partial charge on any atom is -0.493 e. The number of hydrogen-bond donors (Lipinski definition) is 3. The summed E-state index contributed by atoms with van der Waals surface area (Å²) in [4.78, 5) is 51.3. The lowest BCUT2D eigenvalue weighted by atomic mass is 10.1. The third-order valence-corrected chi connectivity index (χ3v) is 6.72. The topological polar surface area (TPSA) is 151 Å². The Labute approximate surface area is 242 Å². The molecule has 0 saturated heterocycles. The quantitative estimate of drug-likeness (QED) is 0.321. The number of rotatable bonds is 9. The maximum Gasteiger partial charge on any atom is 0.308 e. The summed E-state index contributed by atoms with van der Waals surface area (Å²) in [6, 6.07) is 10.1. The van der Waals surface area contributed by atoms with Crippen LogP contribution in [-0.2, 0) is 14.3 Å². The number of aryl methyl sites for hydroxylation is 2. The third kappa shape index (κ3) is 6.22. The molecule has 0 aliphatic carbocycles. The van der Waals surface area contributed by atoms with Gasteiger partial charge in [-0.15, -0.1) is 0 Å². The van der Waals surface area contributed by atoms with Gasteiger partial charge in [-0.25, -0.2) is 0 Å². The molecule has 1 heterocycles. The fraction of sp³-hybridized carbons (Fsp3) is 0.267. The number of esters is 1. The molecule has 4 rings (SSSR count). The molecule has 0 bridgehead atoms. The van der Waals surface area contributed by atoms with E-state index in [1.165, 1.54) is 52.7 Å². The number of carbonyl (C=O) groups excluding carboxylic acids is 4. The molecule has 1 aliphatic rings. The van der Waals surface area contributed by atoms with Crippen molar-refractivity contribution < 1.29 is 42.9 Å². The van der Waals surface area contributed by atoms with Gasteiger partial charge in [0.15, 0.2) is 17.2 Å². The zero-order valence-corrected chi connectivity index (χ0v) is 24.0. The molecular formula is C30H31N3O9. The van der Waals surface area contributed by atoms with Crippen LogP contribution in [0.15, 0.2) is 42.5 Å². The number of nitrogens with one attached hydrogen (secondary N) is 3. The largest absolute Gasteiger partial charge is 0.493 e. The smallest absolute Gasteiger partial charge is 0.308 e. The van der Waals surface area contributed by atoms with Gasteiger partial charge < -0.3 is 39.6 Å². The Hall–Kier alpha value is -5.26. The third-order valence-electron chi connectivity index (χ3n) is 6.72. The predicted octanol–water partition coefficient (Wildman–Crippen LogP) is 3.99. The van der Waals surface area contributed by atoms with E-state index in [4.69, 9.17) is 18.9 Å². The predicted molar refractivity (Wildman–Crippen MR) is 153 cm³/mol. The molecule has 0 fully saturated rings. The van der Waals surface area contributed by atoms with Gasteiger partial charge in [0, 0.05) is 5.56 Å². The van der Waals surface area contributed by atoms with Gasteiger partial charge in [-0.2, -0.15) is 0 Å². The van der Waals surface area contributed by atoms with E-state index in [0.29, 0.717) is 11.5 Å². The van der Waals surface area contributed by atoms with Crippen LogP contribution in [0.4, 0.5) is 11.4 Å². The van der Waals surface area contributed by atoms with E-state index in [-0.39, 0.29) is 46.2 Å². The van der Waals surface area contributed by atoms with Crippen LogP contribution in [0.5, 0.6) is 28.7 Å². The number of fused-ring (bicyclic) bond motifs is 1. The minimum atomic E-state index is -1.17. The summed E-state index contributed by atoms with van der Waals surface area (Å²) in [5.41, 5.74) is 2.54. The Bertz CT molecular complexity index is 1540. The molecule has 220 valence electrons. The molecule has 0 aromatic heterocycles. The standard InChI is InChI=1S/C30H31N3O9/c1-15-7-8-18(9-16(15)2)42-23-12-19-20(31-30(37)22(33-29(19)36)14-26(34)40-5)13-21(23)32-28(35)17-10-24(38-3)27(41-6)25(11-17)39-4/h7-13,22H,14H2,1-6H3,(H,31,37)(H,32,35)(H,33,36)/t22-/m0/s1. The first-order valence-corrected chi connectivity index (χ1v) is 12.8. The Morgan fingerprint density at radius 2 is 1.55 bits per heavy atom. The first-order valence-electron chi connectivity index (χ1n) is 12.8.